The average Bonchev–Trinajstić information content (AvgIpc) is 3.59. The number of piperidine rings is 1. The number of pyridine rings is 1. The van der Waals surface area contributed by atoms with E-state index in [4.69, 9.17) is 20.8 Å². The van der Waals surface area contributed by atoms with Gasteiger partial charge in [0, 0.05) is 30.8 Å². The largest absolute Gasteiger partial charge is 0.497 e. The van der Waals surface area contributed by atoms with Gasteiger partial charge in [0.25, 0.3) is 6.04 Å². The van der Waals surface area contributed by atoms with Gasteiger partial charge in [0.15, 0.2) is 5.41 Å². The first-order valence-corrected chi connectivity index (χ1v) is 12.0. The van der Waals surface area contributed by atoms with Gasteiger partial charge in [-0.25, -0.2) is 4.98 Å². The summed E-state index contributed by atoms with van der Waals surface area (Å²) in [5, 5.41) is 34.2. The van der Waals surface area contributed by atoms with E-state index in [1.165, 1.54) is 6.26 Å². The number of nitrogens with zero attached hydrogens (tertiary/aromatic N) is 6. The van der Waals surface area contributed by atoms with Crippen molar-refractivity contribution in [3.63, 3.8) is 0 Å². The smallest absolute Gasteiger partial charge is 0.254 e. The summed E-state index contributed by atoms with van der Waals surface area (Å²) in [5.74, 6) is -0.257. The van der Waals surface area contributed by atoms with Gasteiger partial charge in [0.2, 0.25) is 0 Å². The number of nitriles is 2. The van der Waals surface area contributed by atoms with Gasteiger partial charge in [-0.3, -0.25) is 19.9 Å². The Kier molecular flexibility index (Phi) is 6.57. The molecule has 2 fully saturated rings. The van der Waals surface area contributed by atoms with Crippen LogP contribution in [0.3, 0.4) is 0 Å². The number of hydrogen-bond donors (Lipinski definition) is 0. The Bertz CT molecular complexity index is 1340. The molecule has 4 unspecified atom stereocenters. The van der Waals surface area contributed by atoms with Gasteiger partial charge in [-0.2, -0.15) is 10.5 Å². The van der Waals surface area contributed by atoms with Crippen molar-refractivity contribution in [2.75, 3.05) is 20.2 Å². The van der Waals surface area contributed by atoms with Crippen LogP contribution in [0.4, 0.5) is 0 Å². The molecule has 0 radical (unpaired) electrons. The Balaban J connectivity index is 1.68. The van der Waals surface area contributed by atoms with Gasteiger partial charge in [-0.15, -0.1) is 0 Å². The molecule has 1 aromatic carbocycles. The number of ether oxygens (including phenoxy) is 1. The molecule has 0 amide bonds. The molecule has 188 valence electrons. The summed E-state index contributed by atoms with van der Waals surface area (Å²) in [7, 11) is 1.55. The molecule has 2 aliphatic heterocycles. The summed E-state index contributed by atoms with van der Waals surface area (Å²) in [6.45, 7) is 1.33. The molecule has 0 aliphatic carbocycles. The van der Waals surface area contributed by atoms with Gasteiger partial charge >= 0.3 is 0 Å². The number of fused-ring (bicyclic) bond motifs is 1. The van der Waals surface area contributed by atoms with Crippen molar-refractivity contribution in [2.24, 2.45) is 5.41 Å². The molecule has 0 saturated carbocycles. The minimum atomic E-state index is -1.79. The standard InChI is InChI=1S/C26H23ClN6O4/c1-36-19-7-5-18(6-8-19)24-26(15-28,16-29)22(20-3-2-12-37-20)23(33(34)35)25-31(10-11-32(24)25)14-17-4-9-21(27)30-13-17/h2-9,12-13,22-25H,10-11,14H2,1H3. The molecule has 2 aliphatic rings. The number of aromatic nitrogens is 1. The highest BCUT2D eigenvalue weighted by atomic mass is 35.5. The maximum Gasteiger partial charge on any atom is 0.254 e. The molecular weight excluding hydrogens is 496 g/mol. The van der Waals surface area contributed by atoms with Crippen LogP contribution in [0.15, 0.2) is 65.4 Å². The minimum Gasteiger partial charge on any atom is -0.497 e. The highest BCUT2D eigenvalue weighted by Gasteiger charge is 2.68. The molecule has 4 heterocycles. The summed E-state index contributed by atoms with van der Waals surface area (Å²) < 4.78 is 11.0. The molecule has 4 atom stereocenters. The molecule has 10 nitrogen and oxygen atoms in total. The maximum atomic E-state index is 12.7. The molecule has 11 heteroatoms. The highest BCUT2D eigenvalue weighted by molar-refractivity contribution is 6.29. The van der Waals surface area contributed by atoms with Gasteiger partial charge in [0.05, 0.1) is 31.6 Å². The van der Waals surface area contributed by atoms with Crippen molar-refractivity contribution >= 4 is 11.6 Å². The van der Waals surface area contributed by atoms with Crippen molar-refractivity contribution in [3.8, 4) is 17.9 Å². The average molecular weight is 519 g/mol. The first-order chi connectivity index (χ1) is 17.9. The first kappa shape index (κ1) is 24.7. The Morgan fingerprint density at radius 1 is 1.22 bits per heavy atom. The van der Waals surface area contributed by atoms with Crippen LogP contribution >= 0.6 is 11.6 Å². The van der Waals surface area contributed by atoms with Gasteiger partial charge in [0.1, 0.15) is 28.7 Å². The van der Waals surface area contributed by atoms with Gasteiger partial charge < -0.3 is 9.15 Å². The number of furan rings is 1. The van der Waals surface area contributed by atoms with Crippen LogP contribution in [0, 0.1) is 38.2 Å². The summed E-state index contributed by atoms with van der Waals surface area (Å²) in [4.78, 5) is 20.4. The van der Waals surface area contributed by atoms with Crippen molar-refractivity contribution in [1.82, 2.24) is 14.8 Å². The van der Waals surface area contributed by atoms with E-state index in [-0.39, 0.29) is 10.7 Å². The summed E-state index contributed by atoms with van der Waals surface area (Å²) in [6, 6.07) is 16.2. The van der Waals surface area contributed by atoms with Gasteiger partial charge in [-0.05, 0) is 41.5 Å². The van der Waals surface area contributed by atoms with E-state index in [1.54, 1.807) is 55.8 Å². The summed E-state index contributed by atoms with van der Waals surface area (Å²) >= 11 is 5.95. The lowest BCUT2D eigenvalue weighted by Gasteiger charge is -2.50. The van der Waals surface area contributed by atoms with Crippen LogP contribution in [0.2, 0.25) is 5.15 Å². The number of benzene rings is 1. The van der Waals surface area contributed by atoms with E-state index in [9.17, 15) is 20.6 Å². The highest BCUT2D eigenvalue weighted by Crippen LogP contribution is 2.57. The lowest BCUT2D eigenvalue weighted by Crippen LogP contribution is -2.64. The number of methoxy groups -OCH3 is 1. The Morgan fingerprint density at radius 2 is 1.97 bits per heavy atom. The first-order valence-electron chi connectivity index (χ1n) is 11.7. The lowest BCUT2D eigenvalue weighted by molar-refractivity contribution is -0.547. The summed E-state index contributed by atoms with van der Waals surface area (Å²) in [6.07, 6.45) is 2.35. The minimum absolute atomic E-state index is 0.239. The predicted molar refractivity (Wildman–Crippen MR) is 132 cm³/mol. The van der Waals surface area contributed by atoms with Crippen molar-refractivity contribution in [1.29, 1.82) is 10.5 Å². The van der Waals surface area contributed by atoms with Crippen LogP contribution in [0.25, 0.3) is 0 Å². The molecule has 5 rings (SSSR count). The molecule has 0 spiro atoms. The maximum absolute atomic E-state index is 12.7. The second kappa shape index (κ2) is 9.83. The quantitative estimate of drug-likeness (QED) is 0.269. The van der Waals surface area contributed by atoms with E-state index in [0.29, 0.717) is 36.1 Å². The normalized spacial score (nSPS) is 25.1. The second-order valence-electron chi connectivity index (χ2n) is 9.15. The SMILES string of the molecule is COc1ccc(C2N3CCN(Cc4ccc(Cl)nc4)C3C([N+](=O)[O-])C(c3ccco3)C2(C#N)C#N)cc1. The molecule has 2 aromatic heterocycles. The van der Waals surface area contributed by atoms with Crippen LogP contribution in [0.5, 0.6) is 5.75 Å². The monoisotopic (exact) mass is 518 g/mol. The fourth-order valence-electron chi connectivity index (χ4n) is 5.81. The lowest BCUT2D eigenvalue weighted by atomic mass is 9.62. The third kappa shape index (κ3) is 4.09. The molecule has 0 N–H and O–H groups in total. The van der Waals surface area contributed by atoms with Crippen molar-refractivity contribution in [2.45, 2.75) is 30.7 Å². The van der Waals surface area contributed by atoms with Crippen LogP contribution in [-0.4, -0.2) is 52.1 Å². The van der Waals surface area contributed by atoms with E-state index in [0.717, 1.165) is 5.56 Å². The third-order valence-corrected chi connectivity index (χ3v) is 7.55. The molecule has 3 aromatic rings. The second-order valence-corrected chi connectivity index (χ2v) is 9.54. The van der Waals surface area contributed by atoms with E-state index in [1.807, 2.05) is 15.9 Å². The van der Waals surface area contributed by atoms with E-state index in [2.05, 4.69) is 17.1 Å². The summed E-state index contributed by atoms with van der Waals surface area (Å²) in [5.41, 5.74) is -0.248. The predicted octanol–water partition coefficient (Wildman–Crippen LogP) is 4.00. The molecule has 0 bridgehead atoms. The molecular formula is C26H23ClN6O4. The number of rotatable bonds is 6. The fraction of sp³-hybridized carbons (Fsp3) is 0.346. The number of nitro groups is 1. The third-order valence-electron chi connectivity index (χ3n) is 7.33. The zero-order valence-corrected chi connectivity index (χ0v) is 20.7. The zero-order valence-electron chi connectivity index (χ0n) is 19.9. The van der Waals surface area contributed by atoms with Crippen molar-refractivity contribution in [3.05, 3.63) is 93.1 Å². The van der Waals surface area contributed by atoms with Crippen LogP contribution in [0.1, 0.15) is 28.8 Å². The Hall–Kier alpha value is -3.96. The fourth-order valence-corrected chi connectivity index (χ4v) is 5.92. The Morgan fingerprint density at radius 3 is 2.54 bits per heavy atom. The molecule has 37 heavy (non-hydrogen) atoms. The topological polar surface area (TPSA) is 132 Å². The zero-order chi connectivity index (χ0) is 26.2. The molecule has 2 saturated heterocycles. The van der Waals surface area contributed by atoms with E-state index < -0.39 is 29.6 Å². The van der Waals surface area contributed by atoms with Crippen molar-refractivity contribution < 1.29 is 14.1 Å². The van der Waals surface area contributed by atoms with Crippen LogP contribution in [-0.2, 0) is 6.54 Å². The van der Waals surface area contributed by atoms with Crippen LogP contribution < -0.4 is 4.74 Å². The number of halogens is 1. The van der Waals surface area contributed by atoms with Gasteiger partial charge in [-0.1, -0.05) is 29.8 Å². The van der Waals surface area contributed by atoms with E-state index >= 15 is 0 Å². The number of hydrogen-bond acceptors (Lipinski definition) is 9. The Labute approximate surface area is 218 Å².